The van der Waals surface area contributed by atoms with Gasteiger partial charge in [0.05, 0.1) is 7.11 Å². The van der Waals surface area contributed by atoms with Gasteiger partial charge in [0.25, 0.3) is 0 Å². The summed E-state index contributed by atoms with van der Waals surface area (Å²) in [5.74, 6) is 0.284. The Hall–Kier alpha value is -1.88. The van der Waals surface area contributed by atoms with Crippen molar-refractivity contribution < 1.29 is 19.4 Å². The summed E-state index contributed by atoms with van der Waals surface area (Å²) in [7, 11) is 1.61. The van der Waals surface area contributed by atoms with Crippen molar-refractivity contribution in [3.05, 3.63) is 29.8 Å². The predicted octanol–water partition coefficient (Wildman–Crippen LogP) is 2.45. The smallest absolute Gasteiger partial charge is 0.303 e. The first-order valence-corrected chi connectivity index (χ1v) is 7.72. The van der Waals surface area contributed by atoms with Crippen molar-refractivity contribution in [2.75, 3.05) is 26.7 Å². The van der Waals surface area contributed by atoms with Crippen LogP contribution in [-0.2, 0) is 4.79 Å². The molecule has 0 radical (unpaired) electrons. The van der Waals surface area contributed by atoms with E-state index in [1.807, 2.05) is 24.3 Å². The third-order valence-corrected chi connectivity index (χ3v) is 4.20. The number of nitrogens with zero attached hydrogens (tertiary/aromatic N) is 1. The minimum Gasteiger partial charge on any atom is -0.497 e. The van der Waals surface area contributed by atoms with Gasteiger partial charge >= 0.3 is 5.97 Å². The quantitative estimate of drug-likeness (QED) is 0.784. The molecule has 5 heteroatoms. The molecule has 1 aromatic rings. The maximum Gasteiger partial charge on any atom is 0.303 e. The van der Waals surface area contributed by atoms with Crippen molar-refractivity contribution in [2.45, 2.75) is 25.7 Å². The number of rotatable bonds is 7. The number of hydrogen-bond acceptors (Lipinski definition) is 4. The summed E-state index contributed by atoms with van der Waals surface area (Å²) in [5, 5.41) is 8.65. The van der Waals surface area contributed by atoms with Crippen molar-refractivity contribution >= 4 is 11.8 Å². The third-order valence-electron chi connectivity index (χ3n) is 4.20. The number of piperidine rings is 1. The van der Waals surface area contributed by atoms with E-state index in [9.17, 15) is 9.59 Å². The normalized spacial score (nSPS) is 16.4. The van der Waals surface area contributed by atoms with Gasteiger partial charge in [-0.3, -0.25) is 9.59 Å². The van der Waals surface area contributed by atoms with Gasteiger partial charge in [-0.1, -0.05) is 0 Å². The van der Waals surface area contributed by atoms with Crippen LogP contribution in [0.1, 0.15) is 36.0 Å². The minimum atomic E-state index is -0.746. The van der Waals surface area contributed by atoms with Crippen LogP contribution in [0.4, 0.5) is 0 Å². The van der Waals surface area contributed by atoms with Gasteiger partial charge in [0, 0.05) is 17.9 Å². The van der Waals surface area contributed by atoms with Gasteiger partial charge in [-0.15, -0.1) is 0 Å². The highest BCUT2D eigenvalue weighted by Gasteiger charge is 2.25. The Morgan fingerprint density at radius 3 is 2.41 bits per heavy atom. The number of ether oxygens (including phenoxy) is 1. The van der Waals surface area contributed by atoms with E-state index in [2.05, 4.69) is 4.90 Å². The molecule has 22 heavy (non-hydrogen) atoms. The van der Waals surface area contributed by atoms with Gasteiger partial charge in [0.2, 0.25) is 0 Å². The number of carboxylic acids is 1. The first-order chi connectivity index (χ1) is 10.6. The second-order valence-corrected chi connectivity index (χ2v) is 5.71. The number of hydrogen-bond donors (Lipinski definition) is 1. The molecular formula is C17H23NO4. The summed E-state index contributed by atoms with van der Waals surface area (Å²) in [5.41, 5.74) is 0.741. The number of aliphatic carboxylic acids is 1. The van der Waals surface area contributed by atoms with Gasteiger partial charge in [-0.25, -0.2) is 0 Å². The number of Topliss-reactive ketones (excluding diaryl/α,β-unsaturated/α-hetero) is 1. The Kier molecular flexibility index (Phi) is 5.95. The number of carboxylic acid groups (broad SMARTS) is 1. The summed E-state index contributed by atoms with van der Waals surface area (Å²) in [6.45, 7) is 2.54. The van der Waals surface area contributed by atoms with Crippen molar-refractivity contribution in [1.29, 1.82) is 0 Å². The Bertz CT molecular complexity index is 504. The van der Waals surface area contributed by atoms with Crippen LogP contribution in [0.15, 0.2) is 24.3 Å². The van der Waals surface area contributed by atoms with Crippen molar-refractivity contribution in [1.82, 2.24) is 4.90 Å². The second kappa shape index (κ2) is 7.94. The fourth-order valence-corrected chi connectivity index (χ4v) is 2.86. The minimum absolute atomic E-state index is 0.0733. The SMILES string of the molecule is COc1ccc(C(=O)C2CCN(CCCC(=O)O)CC2)cc1. The fraction of sp³-hybridized carbons (Fsp3) is 0.529. The zero-order valence-corrected chi connectivity index (χ0v) is 13.0. The van der Waals surface area contributed by atoms with Crippen molar-refractivity contribution in [3.8, 4) is 5.75 Å². The predicted molar refractivity (Wildman–Crippen MR) is 83.4 cm³/mol. The summed E-state index contributed by atoms with van der Waals surface area (Å²) >= 11 is 0. The summed E-state index contributed by atoms with van der Waals surface area (Å²) in [6.07, 6.45) is 2.58. The van der Waals surface area contributed by atoms with E-state index in [1.165, 1.54) is 0 Å². The van der Waals surface area contributed by atoms with Gasteiger partial charge in [0.15, 0.2) is 5.78 Å². The molecule has 0 bridgehead atoms. The first-order valence-electron chi connectivity index (χ1n) is 7.72. The van der Waals surface area contributed by atoms with Gasteiger partial charge in [-0.2, -0.15) is 0 Å². The average molecular weight is 305 g/mol. The molecule has 0 aromatic heterocycles. The largest absolute Gasteiger partial charge is 0.497 e. The fourth-order valence-electron chi connectivity index (χ4n) is 2.86. The van der Waals surface area contributed by atoms with Crippen LogP contribution in [0.25, 0.3) is 0 Å². The summed E-state index contributed by atoms with van der Waals surface area (Å²) in [4.78, 5) is 25.2. The molecule has 1 aliphatic heterocycles. The molecule has 120 valence electrons. The lowest BCUT2D eigenvalue weighted by atomic mass is 9.89. The van der Waals surface area contributed by atoms with E-state index in [-0.39, 0.29) is 18.1 Å². The third kappa shape index (κ3) is 4.56. The molecule has 1 heterocycles. The van der Waals surface area contributed by atoms with Crippen molar-refractivity contribution in [2.24, 2.45) is 5.92 Å². The molecular weight excluding hydrogens is 282 g/mol. The summed E-state index contributed by atoms with van der Waals surface area (Å²) < 4.78 is 5.10. The molecule has 1 N–H and O–H groups in total. The van der Waals surface area contributed by atoms with Crippen LogP contribution in [0.5, 0.6) is 5.75 Å². The molecule has 0 spiro atoms. The molecule has 1 fully saturated rings. The molecule has 1 aromatic carbocycles. The molecule has 0 saturated carbocycles. The van der Waals surface area contributed by atoms with Crippen LogP contribution < -0.4 is 4.74 Å². The molecule has 5 nitrogen and oxygen atoms in total. The molecule has 0 atom stereocenters. The Labute approximate surface area is 130 Å². The highest BCUT2D eigenvalue weighted by Crippen LogP contribution is 2.23. The standard InChI is InChI=1S/C17H23NO4/c1-22-15-6-4-13(5-7-15)17(21)14-8-11-18(12-9-14)10-2-3-16(19)20/h4-7,14H,2-3,8-12H2,1H3,(H,19,20). The first kappa shape index (κ1) is 16.5. The molecule has 0 aliphatic carbocycles. The molecule has 1 aliphatic rings. The van der Waals surface area contributed by atoms with Gasteiger partial charge < -0.3 is 14.7 Å². The Morgan fingerprint density at radius 1 is 1.23 bits per heavy atom. The number of benzene rings is 1. The van der Waals surface area contributed by atoms with E-state index in [0.29, 0.717) is 6.42 Å². The van der Waals surface area contributed by atoms with E-state index in [1.54, 1.807) is 7.11 Å². The number of ketones is 1. The lowest BCUT2D eigenvalue weighted by Crippen LogP contribution is -2.37. The second-order valence-electron chi connectivity index (χ2n) is 5.71. The summed E-state index contributed by atoms with van der Waals surface area (Å²) in [6, 6.07) is 7.27. The zero-order chi connectivity index (χ0) is 15.9. The van der Waals surface area contributed by atoms with Crippen LogP contribution in [0.3, 0.4) is 0 Å². The highest BCUT2D eigenvalue weighted by molar-refractivity contribution is 5.98. The van der Waals surface area contributed by atoms with E-state index in [0.717, 1.165) is 43.8 Å². The van der Waals surface area contributed by atoms with Gasteiger partial charge in [0.1, 0.15) is 5.75 Å². The maximum atomic E-state index is 12.5. The molecule has 0 amide bonds. The number of carbonyl (C=O) groups excluding carboxylic acids is 1. The van der Waals surface area contributed by atoms with Crippen LogP contribution >= 0.6 is 0 Å². The van der Waals surface area contributed by atoms with Crippen LogP contribution in [-0.4, -0.2) is 48.5 Å². The van der Waals surface area contributed by atoms with Crippen molar-refractivity contribution in [3.63, 3.8) is 0 Å². The highest BCUT2D eigenvalue weighted by atomic mass is 16.5. The molecule has 0 unspecified atom stereocenters. The van der Waals surface area contributed by atoms with E-state index >= 15 is 0 Å². The van der Waals surface area contributed by atoms with Crippen LogP contribution in [0, 0.1) is 5.92 Å². The topological polar surface area (TPSA) is 66.8 Å². The van der Waals surface area contributed by atoms with E-state index < -0.39 is 5.97 Å². The monoisotopic (exact) mass is 305 g/mol. The number of likely N-dealkylation sites (tertiary alicyclic amines) is 1. The maximum absolute atomic E-state index is 12.5. The Balaban J connectivity index is 1.80. The molecule has 2 rings (SSSR count). The average Bonchev–Trinajstić information content (AvgIpc) is 2.54. The number of methoxy groups -OCH3 is 1. The zero-order valence-electron chi connectivity index (χ0n) is 13.0. The Morgan fingerprint density at radius 2 is 1.86 bits per heavy atom. The lowest BCUT2D eigenvalue weighted by molar-refractivity contribution is -0.137. The van der Waals surface area contributed by atoms with E-state index in [4.69, 9.17) is 9.84 Å². The van der Waals surface area contributed by atoms with Gasteiger partial charge in [-0.05, 0) is 63.2 Å². The lowest BCUT2D eigenvalue weighted by Gasteiger charge is -2.31. The molecule has 1 saturated heterocycles. The van der Waals surface area contributed by atoms with Crippen LogP contribution in [0.2, 0.25) is 0 Å². The number of carbonyl (C=O) groups is 2.